The summed E-state index contributed by atoms with van der Waals surface area (Å²) in [6, 6.07) is 9.51. The number of aromatic nitrogens is 2. The summed E-state index contributed by atoms with van der Waals surface area (Å²) >= 11 is 1.56. The molecule has 2 aromatic heterocycles. The van der Waals surface area contributed by atoms with Crippen LogP contribution in [-0.2, 0) is 4.79 Å². The lowest BCUT2D eigenvalue weighted by Crippen LogP contribution is -2.26. The van der Waals surface area contributed by atoms with Gasteiger partial charge >= 0.3 is 0 Å². The van der Waals surface area contributed by atoms with Crippen molar-refractivity contribution in [1.29, 1.82) is 0 Å². The van der Waals surface area contributed by atoms with Crippen molar-refractivity contribution in [2.45, 2.75) is 12.3 Å². The molecule has 1 amide bonds. The topological polar surface area (TPSA) is 77.7 Å². The Balaban J connectivity index is 1.23. The number of ether oxygens (including phenoxy) is 2. The van der Waals surface area contributed by atoms with Gasteiger partial charge < -0.3 is 18.9 Å². The molecule has 5 rings (SSSR count). The van der Waals surface area contributed by atoms with Crippen molar-refractivity contribution >= 4 is 23.3 Å². The molecular formula is C20H17N3O4S. The fourth-order valence-electron chi connectivity index (χ4n) is 3.36. The van der Waals surface area contributed by atoms with Crippen LogP contribution in [0.5, 0.6) is 11.5 Å². The molecule has 0 spiro atoms. The SMILES string of the molecule is O=C(/C=C/c1ccc2c(c1)OCO2)N1CCC(c2noc(-c3cccs3)n2)C1. The molecule has 0 aliphatic carbocycles. The molecule has 3 aromatic rings. The number of carbonyl (C=O) groups excluding carboxylic acids is 1. The third-order valence-electron chi connectivity index (χ3n) is 4.85. The van der Waals surface area contributed by atoms with Crippen molar-refractivity contribution < 1.29 is 18.8 Å². The number of thiophene rings is 1. The largest absolute Gasteiger partial charge is 0.454 e. The Labute approximate surface area is 165 Å². The predicted octanol–water partition coefficient (Wildman–Crippen LogP) is 3.56. The van der Waals surface area contributed by atoms with E-state index in [2.05, 4.69) is 10.1 Å². The summed E-state index contributed by atoms with van der Waals surface area (Å²) < 4.78 is 16.0. The van der Waals surface area contributed by atoms with Gasteiger partial charge in [-0.15, -0.1) is 11.3 Å². The number of rotatable bonds is 4. The highest BCUT2D eigenvalue weighted by Crippen LogP contribution is 2.33. The minimum absolute atomic E-state index is 0.0258. The molecular weight excluding hydrogens is 378 g/mol. The first-order valence-corrected chi connectivity index (χ1v) is 9.88. The van der Waals surface area contributed by atoms with Crippen LogP contribution in [0.4, 0.5) is 0 Å². The maximum absolute atomic E-state index is 12.5. The molecule has 1 fully saturated rings. The number of carbonyl (C=O) groups is 1. The molecule has 0 N–H and O–H groups in total. The Hall–Kier alpha value is -3.13. The highest BCUT2D eigenvalue weighted by atomic mass is 32.1. The summed E-state index contributed by atoms with van der Waals surface area (Å²) in [6.07, 6.45) is 4.21. The normalized spacial score (nSPS) is 18.3. The molecule has 2 aliphatic heterocycles. The van der Waals surface area contributed by atoms with Crippen molar-refractivity contribution in [3.63, 3.8) is 0 Å². The Morgan fingerprint density at radius 1 is 1.25 bits per heavy atom. The zero-order valence-corrected chi connectivity index (χ0v) is 15.7. The van der Waals surface area contributed by atoms with Crippen LogP contribution in [0.3, 0.4) is 0 Å². The van der Waals surface area contributed by atoms with Crippen LogP contribution in [0.1, 0.15) is 23.7 Å². The average molecular weight is 395 g/mol. The Bertz CT molecular complexity index is 1030. The first-order valence-electron chi connectivity index (χ1n) is 9.00. The van der Waals surface area contributed by atoms with Crippen LogP contribution >= 0.6 is 11.3 Å². The van der Waals surface area contributed by atoms with Crippen molar-refractivity contribution in [2.24, 2.45) is 0 Å². The van der Waals surface area contributed by atoms with Crippen molar-refractivity contribution in [3.8, 4) is 22.3 Å². The van der Waals surface area contributed by atoms with E-state index in [0.29, 0.717) is 30.6 Å². The third-order valence-corrected chi connectivity index (χ3v) is 5.71. The summed E-state index contributed by atoms with van der Waals surface area (Å²) in [4.78, 5) is 19.8. The lowest BCUT2D eigenvalue weighted by Gasteiger charge is -2.13. The average Bonchev–Trinajstić information content (AvgIpc) is 3.50. The Morgan fingerprint density at radius 2 is 2.18 bits per heavy atom. The number of nitrogens with zero attached hydrogens (tertiary/aromatic N) is 3. The monoisotopic (exact) mass is 395 g/mol. The summed E-state index contributed by atoms with van der Waals surface area (Å²) in [5, 5.41) is 6.09. The molecule has 7 nitrogen and oxygen atoms in total. The van der Waals surface area contributed by atoms with Gasteiger partial charge in [0.15, 0.2) is 17.3 Å². The molecule has 0 bridgehead atoms. The molecule has 8 heteroatoms. The first kappa shape index (κ1) is 17.0. The Morgan fingerprint density at radius 3 is 3.07 bits per heavy atom. The van der Waals surface area contributed by atoms with E-state index in [9.17, 15) is 4.79 Å². The molecule has 142 valence electrons. The van der Waals surface area contributed by atoms with Gasteiger partial charge in [0.25, 0.3) is 5.89 Å². The van der Waals surface area contributed by atoms with Crippen LogP contribution in [-0.4, -0.2) is 40.8 Å². The number of likely N-dealkylation sites (tertiary alicyclic amines) is 1. The lowest BCUT2D eigenvalue weighted by molar-refractivity contribution is -0.124. The predicted molar refractivity (Wildman–Crippen MR) is 103 cm³/mol. The zero-order valence-electron chi connectivity index (χ0n) is 14.9. The van der Waals surface area contributed by atoms with Gasteiger partial charge in [-0.1, -0.05) is 17.3 Å². The van der Waals surface area contributed by atoms with Gasteiger partial charge in [-0.2, -0.15) is 4.98 Å². The van der Waals surface area contributed by atoms with Gasteiger partial charge in [0.1, 0.15) is 0 Å². The van der Waals surface area contributed by atoms with E-state index in [1.165, 1.54) is 0 Å². The molecule has 1 atom stereocenters. The first-order chi connectivity index (χ1) is 13.8. The van der Waals surface area contributed by atoms with Gasteiger partial charge in [-0.3, -0.25) is 4.79 Å². The van der Waals surface area contributed by atoms with Gasteiger partial charge in [-0.05, 0) is 41.6 Å². The maximum atomic E-state index is 12.5. The second kappa shape index (κ2) is 7.12. The smallest absolute Gasteiger partial charge is 0.267 e. The Kier molecular flexibility index (Phi) is 4.32. The second-order valence-electron chi connectivity index (χ2n) is 6.65. The number of hydrogen-bond donors (Lipinski definition) is 0. The van der Waals surface area contributed by atoms with E-state index in [0.717, 1.165) is 22.6 Å². The molecule has 1 saturated heterocycles. The number of amides is 1. The van der Waals surface area contributed by atoms with Crippen molar-refractivity contribution in [1.82, 2.24) is 15.0 Å². The van der Waals surface area contributed by atoms with Gasteiger partial charge in [-0.25, -0.2) is 0 Å². The van der Waals surface area contributed by atoms with Gasteiger partial charge in [0.2, 0.25) is 12.7 Å². The van der Waals surface area contributed by atoms with Crippen molar-refractivity contribution in [2.75, 3.05) is 19.9 Å². The fraction of sp³-hybridized carbons (Fsp3) is 0.250. The summed E-state index contributed by atoms with van der Waals surface area (Å²) in [7, 11) is 0. The zero-order chi connectivity index (χ0) is 18.9. The van der Waals surface area contributed by atoms with Crippen LogP contribution in [0.2, 0.25) is 0 Å². The van der Waals surface area contributed by atoms with Crippen LogP contribution in [0.25, 0.3) is 16.8 Å². The van der Waals surface area contributed by atoms with E-state index in [4.69, 9.17) is 14.0 Å². The fourth-order valence-corrected chi connectivity index (χ4v) is 4.01. The van der Waals surface area contributed by atoms with Gasteiger partial charge in [0.05, 0.1) is 4.88 Å². The summed E-state index contributed by atoms with van der Waals surface area (Å²) in [5.41, 5.74) is 0.895. The second-order valence-corrected chi connectivity index (χ2v) is 7.60. The molecule has 2 aliphatic rings. The molecule has 1 aromatic carbocycles. The lowest BCUT2D eigenvalue weighted by atomic mass is 10.1. The van der Waals surface area contributed by atoms with E-state index in [1.807, 2.05) is 40.6 Å². The molecule has 1 unspecified atom stereocenters. The minimum Gasteiger partial charge on any atom is -0.454 e. The molecule has 0 radical (unpaired) electrons. The van der Waals surface area contributed by atoms with E-state index >= 15 is 0 Å². The van der Waals surface area contributed by atoms with Crippen LogP contribution in [0, 0.1) is 0 Å². The molecule has 0 saturated carbocycles. The quantitative estimate of drug-likeness (QED) is 0.629. The minimum atomic E-state index is -0.0258. The number of benzene rings is 1. The third kappa shape index (κ3) is 3.27. The van der Waals surface area contributed by atoms with E-state index < -0.39 is 0 Å². The van der Waals surface area contributed by atoms with Crippen LogP contribution in [0.15, 0.2) is 46.3 Å². The van der Waals surface area contributed by atoms with E-state index in [-0.39, 0.29) is 18.6 Å². The summed E-state index contributed by atoms with van der Waals surface area (Å²) in [5.74, 6) is 2.71. The summed E-state index contributed by atoms with van der Waals surface area (Å²) in [6.45, 7) is 1.51. The number of hydrogen-bond acceptors (Lipinski definition) is 7. The maximum Gasteiger partial charge on any atom is 0.267 e. The standard InChI is InChI=1S/C20H17N3O4S/c24-18(6-4-13-3-5-15-16(10-13)26-12-25-15)23-8-7-14(11-23)19-21-20(27-22-19)17-2-1-9-28-17/h1-6,9-10,14H,7-8,11-12H2/b6-4+. The highest BCUT2D eigenvalue weighted by molar-refractivity contribution is 7.13. The van der Waals surface area contributed by atoms with E-state index in [1.54, 1.807) is 23.5 Å². The highest BCUT2D eigenvalue weighted by Gasteiger charge is 2.30. The van der Waals surface area contributed by atoms with Gasteiger partial charge in [0, 0.05) is 25.1 Å². The van der Waals surface area contributed by atoms with Crippen molar-refractivity contribution in [3.05, 3.63) is 53.2 Å². The number of fused-ring (bicyclic) bond motifs is 1. The van der Waals surface area contributed by atoms with Crippen LogP contribution < -0.4 is 9.47 Å². The molecule has 28 heavy (non-hydrogen) atoms. The molecule has 4 heterocycles.